The quantitative estimate of drug-likeness (QED) is 0.271. The Morgan fingerprint density at radius 1 is 0.733 bits per heavy atom. The number of rotatable bonds is 0. The number of nitrogens with zero attached hydrogens (tertiary/aromatic N) is 1. The fourth-order valence-corrected chi connectivity index (χ4v) is 4.24. The van der Waals surface area contributed by atoms with Gasteiger partial charge in [0, 0.05) is 24.8 Å². The second kappa shape index (κ2) is 9.89. The maximum Gasteiger partial charge on any atom is 0.0267 e. The smallest absolute Gasteiger partial charge is 0.0267 e. The summed E-state index contributed by atoms with van der Waals surface area (Å²) in [5, 5.41) is 5.63. The van der Waals surface area contributed by atoms with E-state index in [4.69, 9.17) is 0 Å². The predicted octanol–water partition coefficient (Wildman–Crippen LogP) is 7.53. The highest BCUT2D eigenvalue weighted by molar-refractivity contribution is 6.08. The van der Waals surface area contributed by atoms with E-state index in [2.05, 4.69) is 65.4 Å². The summed E-state index contributed by atoms with van der Waals surface area (Å²) in [6.45, 7) is 2.37. The molecular formula is C28H28N2. The number of hydrogen-bond acceptors (Lipinski definition) is 1. The van der Waals surface area contributed by atoms with Crippen molar-refractivity contribution >= 4 is 21.5 Å². The number of aromatic amines is 1. The lowest BCUT2D eigenvalue weighted by Crippen LogP contribution is -2.07. The van der Waals surface area contributed by atoms with Gasteiger partial charge in [-0.2, -0.15) is 0 Å². The molecule has 2 aromatic heterocycles. The van der Waals surface area contributed by atoms with Crippen molar-refractivity contribution in [2.24, 2.45) is 0 Å². The van der Waals surface area contributed by atoms with Crippen LogP contribution in [-0.2, 0) is 6.42 Å². The topological polar surface area (TPSA) is 28.7 Å². The lowest BCUT2D eigenvalue weighted by Gasteiger charge is -2.24. The highest BCUT2D eigenvalue weighted by Gasteiger charge is 2.18. The average Bonchev–Trinajstić information content (AvgIpc) is 3.41. The molecule has 0 saturated heterocycles. The van der Waals surface area contributed by atoms with Gasteiger partial charge >= 0.3 is 0 Å². The summed E-state index contributed by atoms with van der Waals surface area (Å²) in [7, 11) is 0. The molecule has 3 aromatic carbocycles. The van der Waals surface area contributed by atoms with E-state index in [1.807, 2.05) is 42.7 Å². The summed E-state index contributed by atoms with van der Waals surface area (Å²) < 4.78 is 0. The maximum atomic E-state index is 3.78. The number of fused-ring (bicyclic) bond motifs is 5. The molecule has 1 atom stereocenters. The Bertz CT molecular complexity index is 1130. The highest BCUT2D eigenvalue weighted by Crippen LogP contribution is 2.37. The first-order valence-electron chi connectivity index (χ1n) is 10.7. The lowest BCUT2D eigenvalue weighted by molar-refractivity contribution is 0.593. The largest absolute Gasteiger partial charge is 0.368 e. The van der Waals surface area contributed by atoms with Gasteiger partial charge in [-0.05, 0) is 82.1 Å². The Kier molecular flexibility index (Phi) is 6.56. The highest BCUT2D eigenvalue weighted by atomic mass is 14.6. The number of aryl methyl sites for hydroxylation is 1. The zero-order valence-electron chi connectivity index (χ0n) is 17.5. The molecule has 0 radical (unpaired) electrons. The van der Waals surface area contributed by atoms with Crippen LogP contribution in [0, 0.1) is 0 Å². The molecule has 1 unspecified atom stereocenters. The van der Waals surface area contributed by atoms with Crippen LogP contribution in [-0.4, -0.2) is 9.97 Å². The first-order valence-corrected chi connectivity index (χ1v) is 10.7. The molecule has 1 N–H and O–H groups in total. The summed E-state index contributed by atoms with van der Waals surface area (Å²) in [5.74, 6) is 0.722. The normalized spacial score (nSPS) is 14.8. The van der Waals surface area contributed by atoms with Crippen LogP contribution in [0.3, 0.4) is 0 Å². The molecule has 2 heteroatoms. The predicted molar refractivity (Wildman–Crippen MR) is 128 cm³/mol. The molecule has 0 amide bonds. The summed E-state index contributed by atoms with van der Waals surface area (Å²) in [6, 6.07) is 27.6. The zero-order valence-corrected chi connectivity index (χ0v) is 17.5. The number of aromatic nitrogens is 2. The average molecular weight is 393 g/mol. The van der Waals surface area contributed by atoms with Crippen molar-refractivity contribution in [2.75, 3.05) is 0 Å². The van der Waals surface area contributed by atoms with E-state index in [0.717, 1.165) is 5.92 Å². The number of benzene rings is 3. The van der Waals surface area contributed by atoms with E-state index in [-0.39, 0.29) is 0 Å². The van der Waals surface area contributed by atoms with Gasteiger partial charge in [-0.3, -0.25) is 4.98 Å². The standard InChI is InChI=1S/C19H18.C5H5N.C4H5N/c1-13-5-4-8-17-15(13)11-12-18-16-7-3-2-6-14(16)9-10-19(17)18;1-2-4-6-5-3-1;1-2-4-5-3-1/h2-3,6-7,9-13H,4-5,8H2,1H3;1-5H;1-5H. The van der Waals surface area contributed by atoms with Gasteiger partial charge in [-0.25, -0.2) is 0 Å². The Morgan fingerprint density at radius 2 is 1.50 bits per heavy atom. The minimum absolute atomic E-state index is 0.722. The summed E-state index contributed by atoms with van der Waals surface area (Å²) in [6.07, 6.45) is 11.2. The van der Waals surface area contributed by atoms with Crippen molar-refractivity contribution in [3.63, 3.8) is 0 Å². The van der Waals surface area contributed by atoms with Crippen molar-refractivity contribution in [3.05, 3.63) is 115 Å². The minimum Gasteiger partial charge on any atom is -0.368 e. The second-order valence-electron chi connectivity index (χ2n) is 7.72. The number of H-pyrrole nitrogens is 1. The van der Waals surface area contributed by atoms with Crippen molar-refractivity contribution < 1.29 is 0 Å². The van der Waals surface area contributed by atoms with Crippen LogP contribution >= 0.6 is 0 Å². The molecule has 6 rings (SSSR count). The van der Waals surface area contributed by atoms with E-state index in [0.29, 0.717) is 0 Å². The third-order valence-corrected chi connectivity index (χ3v) is 5.73. The third-order valence-electron chi connectivity index (χ3n) is 5.73. The number of pyridine rings is 1. The van der Waals surface area contributed by atoms with E-state index in [1.165, 1.54) is 40.8 Å². The maximum absolute atomic E-state index is 3.78. The molecular weight excluding hydrogens is 364 g/mol. The minimum atomic E-state index is 0.722. The Labute approximate surface area is 178 Å². The van der Waals surface area contributed by atoms with E-state index in [9.17, 15) is 0 Å². The second-order valence-corrected chi connectivity index (χ2v) is 7.72. The molecule has 150 valence electrons. The van der Waals surface area contributed by atoms with Crippen LogP contribution in [0.2, 0.25) is 0 Å². The van der Waals surface area contributed by atoms with E-state index < -0.39 is 0 Å². The van der Waals surface area contributed by atoms with Gasteiger partial charge in [-0.1, -0.05) is 61.5 Å². The van der Waals surface area contributed by atoms with Crippen molar-refractivity contribution in [1.82, 2.24) is 9.97 Å². The summed E-state index contributed by atoms with van der Waals surface area (Å²) >= 11 is 0. The molecule has 1 aliphatic rings. The van der Waals surface area contributed by atoms with Crippen LogP contribution in [0.5, 0.6) is 0 Å². The summed E-state index contributed by atoms with van der Waals surface area (Å²) in [4.78, 5) is 6.65. The van der Waals surface area contributed by atoms with Gasteiger partial charge in [0.05, 0.1) is 0 Å². The molecule has 30 heavy (non-hydrogen) atoms. The Balaban J connectivity index is 0.000000162. The molecule has 0 fully saturated rings. The van der Waals surface area contributed by atoms with E-state index in [1.54, 1.807) is 23.5 Å². The lowest BCUT2D eigenvalue weighted by atomic mass is 9.81. The number of hydrogen-bond donors (Lipinski definition) is 1. The van der Waals surface area contributed by atoms with Crippen molar-refractivity contribution in [2.45, 2.75) is 32.1 Å². The molecule has 1 aliphatic carbocycles. The van der Waals surface area contributed by atoms with Gasteiger partial charge in [0.1, 0.15) is 0 Å². The zero-order chi connectivity index (χ0) is 20.6. The molecule has 0 spiro atoms. The van der Waals surface area contributed by atoms with Crippen molar-refractivity contribution in [3.8, 4) is 0 Å². The van der Waals surface area contributed by atoms with Crippen LogP contribution < -0.4 is 0 Å². The van der Waals surface area contributed by atoms with Crippen LogP contribution in [0.4, 0.5) is 0 Å². The first-order chi connectivity index (χ1) is 14.8. The van der Waals surface area contributed by atoms with Gasteiger partial charge in [0.15, 0.2) is 0 Å². The first kappa shape index (κ1) is 19.9. The molecule has 0 bridgehead atoms. The Hall–Kier alpha value is -3.39. The van der Waals surface area contributed by atoms with Crippen LogP contribution in [0.15, 0.2) is 104 Å². The number of nitrogens with one attached hydrogen (secondary N) is 1. The van der Waals surface area contributed by atoms with Gasteiger partial charge in [0.2, 0.25) is 0 Å². The molecule has 5 aromatic rings. The van der Waals surface area contributed by atoms with Crippen molar-refractivity contribution in [1.29, 1.82) is 0 Å². The van der Waals surface area contributed by atoms with Crippen LogP contribution in [0.25, 0.3) is 21.5 Å². The van der Waals surface area contributed by atoms with Gasteiger partial charge in [0.25, 0.3) is 0 Å². The fourth-order valence-electron chi connectivity index (χ4n) is 4.24. The van der Waals surface area contributed by atoms with Gasteiger partial charge < -0.3 is 4.98 Å². The SMILES string of the molecule is CC1CCCc2c1ccc1c2ccc2ccccc21.c1cc[nH]c1.c1ccncc1. The molecule has 2 nitrogen and oxygen atoms in total. The monoisotopic (exact) mass is 392 g/mol. The Morgan fingerprint density at radius 3 is 2.17 bits per heavy atom. The summed E-state index contributed by atoms with van der Waals surface area (Å²) in [5.41, 5.74) is 3.18. The molecule has 2 heterocycles. The fraction of sp³-hybridized carbons (Fsp3) is 0.179. The van der Waals surface area contributed by atoms with Crippen LogP contribution in [0.1, 0.15) is 36.8 Å². The molecule has 0 saturated carbocycles. The van der Waals surface area contributed by atoms with Gasteiger partial charge in [-0.15, -0.1) is 0 Å². The van der Waals surface area contributed by atoms with E-state index >= 15 is 0 Å². The molecule has 0 aliphatic heterocycles. The third kappa shape index (κ3) is 4.60.